The van der Waals surface area contributed by atoms with Gasteiger partial charge in [-0.25, -0.2) is 9.18 Å². The van der Waals surface area contributed by atoms with Crippen LogP contribution in [-0.2, 0) is 4.74 Å². The molecule has 0 aliphatic rings. The molecule has 0 heterocycles. The van der Waals surface area contributed by atoms with Crippen LogP contribution in [0.5, 0.6) is 0 Å². The van der Waals surface area contributed by atoms with Crippen LogP contribution in [-0.4, -0.2) is 35.9 Å². The van der Waals surface area contributed by atoms with Gasteiger partial charge in [0, 0.05) is 12.1 Å². The molecule has 0 aliphatic carbocycles. The molecule has 0 saturated heterocycles. The molecule has 0 aliphatic heterocycles. The highest BCUT2D eigenvalue weighted by atomic mass is 19.1. The van der Waals surface area contributed by atoms with E-state index in [0.29, 0.717) is 6.54 Å². The number of hydrogen-bond donors (Lipinski definition) is 2. The zero-order chi connectivity index (χ0) is 14.5. The molecule has 0 aromatic heterocycles. The van der Waals surface area contributed by atoms with E-state index in [0.717, 1.165) is 0 Å². The second-order valence-corrected chi connectivity index (χ2v) is 5.36. The minimum absolute atomic E-state index is 0.126. The highest BCUT2D eigenvalue weighted by Gasteiger charge is 2.16. The Labute approximate surface area is 112 Å². The van der Waals surface area contributed by atoms with Gasteiger partial charge in [0.25, 0.3) is 0 Å². The van der Waals surface area contributed by atoms with Gasteiger partial charge >= 0.3 is 5.97 Å². The largest absolute Gasteiger partial charge is 0.459 e. The molecule has 1 aromatic carbocycles. The number of rotatable bonds is 5. The number of ether oxygens (including phenoxy) is 1. The maximum absolute atomic E-state index is 13.3. The lowest BCUT2D eigenvalue weighted by Gasteiger charge is -2.22. The van der Waals surface area contributed by atoms with E-state index >= 15 is 0 Å². The predicted molar refractivity (Wildman–Crippen MR) is 70.4 cm³/mol. The van der Waals surface area contributed by atoms with Gasteiger partial charge in [0.2, 0.25) is 0 Å². The Morgan fingerprint density at radius 2 is 2.05 bits per heavy atom. The standard InChI is InChI=1S/C14H20FNO3/c1-14(2,3)16-8-10(17)9-19-13(18)11-6-4-5-7-12(11)15/h4-7,10,16-17H,8-9H2,1-3H3/t10-/m0/s1. The van der Waals surface area contributed by atoms with Gasteiger partial charge in [0.1, 0.15) is 18.5 Å². The molecule has 0 fully saturated rings. The molecular formula is C14H20FNO3. The molecule has 106 valence electrons. The molecule has 0 amide bonds. The first-order valence-electron chi connectivity index (χ1n) is 6.14. The van der Waals surface area contributed by atoms with Crippen molar-refractivity contribution < 1.29 is 19.0 Å². The Kier molecular flexibility index (Phi) is 5.44. The van der Waals surface area contributed by atoms with Crippen LogP contribution in [0.2, 0.25) is 0 Å². The number of aliphatic hydroxyl groups excluding tert-OH is 1. The summed E-state index contributed by atoms with van der Waals surface area (Å²) in [6.45, 7) is 6.02. The number of nitrogens with one attached hydrogen (secondary N) is 1. The summed E-state index contributed by atoms with van der Waals surface area (Å²) >= 11 is 0. The van der Waals surface area contributed by atoms with Crippen LogP contribution < -0.4 is 5.32 Å². The maximum Gasteiger partial charge on any atom is 0.341 e. The van der Waals surface area contributed by atoms with Gasteiger partial charge in [0.05, 0.1) is 5.56 Å². The van der Waals surface area contributed by atoms with Crippen LogP contribution in [0.3, 0.4) is 0 Å². The molecule has 4 nitrogen and oxygen atoms in total. The van der Waals surface area contributed by atoms with Gasteiger partial charge in [-0.1, -0.05) is 12.1 Å². The van der Waals surface area contributed by atoms with Crippen molar-refractivity contribution in [2.24, 2.45) is 0 Å². The number of aliphatic hydroxyl groups is 1. The van der Waals surface area contributed by atoms with Crippen molar-refractivity contribution >= 4 is 5.97 Å². The van der Waals surface area contributed by atoms with Crippen LogP contribution in [0.4, 0.5) is 4.39 Å². The van der Waals surface area contributed by atoms with Crippen molar-refractivity contribution in [1.29, 1.82) is 0 Å². The maximum atomic E-state index is 13.3. The SMILES string of the molecule is CC(C)(C)NC[C@H](O)COC(=O)c1ccccc1F. The zero-order valence-corrected chi connectivity index (χ0v) is 11.4. The quantitative estimate of drug-likeness (QED) is 0.799. The average Bonchev–Trinajstić information content (AvgIpc) is 2.33. The number of carbonyl (C=O) groups excluding carboxylic acids is 1. The van der Waals surface area contributed by atoms with Crippen LogP contribution in [0.15, 0.2) is 24.3 Å². The second-order valence-electron chi connectivity index (χ2n) is 5.36. The van der Waals surface area contributed by atoms with Crippen molar-refractivity contribution in [2.75, 3.05) is 13.2 Å². The topological polar surface area (TPSA) is 58.6 Å². The summed E-state index contributed by atoms with van der Waals surface area (Å²) in [4.78, 5) is 11.6. The number of β-amino-alcohol motifs (C(OH)–C–C–N with tert-alkyl or cyclic N) is 1. The fourth-order valence-corrected chi connectivity index (χ4v) is 1.36. The molecule has 1 rings (SSSR count). The molecule has 0 radical (unpaired) electrons. The molecule has 1 atom stereocenters. The Balaban J connectivity index is 2.41. The summed E-state index contributed by atoms with van der Waals surface area (Å²) in [7, 11) is 0. The highest BCUT2D eigenvalue weighted by molar-refractivity contribution is 5.89. The third-order valence-corrected chi connectivity index (χ3v) is 2.37. The molecule has 1 aromatic rings. The summed E-state index contributed by atoms with van der Waals surface area (Å²) in [6.07, 6.45) is -0.824. The first-order valence-corrected chi connectivity index (χ1v) is 6.14. The van der Waals surface area contributed by atoms with E-state index in [1.807, 2.05) is 20.8 Å². The van der Waals surface area contributed by atoms with E-state index in [2.05, 4.69) is 5.32 Å². The number of carbonyl (C=O) groups is 1. The van der Waals surface area contributed by atoms with Crippen molar-refractivity contribution in [1.82, 2.24) is 5.32 Å². The third kappa shape index (κ3) is 5.81. The van der Waals surface area contributed by atoms with Crippen LogP contribution >= 0.6 is 0 Å². The average molecular weight is 269 g/mol. The normalized spacial score (nSPS) is 13.1. The molecule has 19 heavy (non-hydrogen) atoms. The fourth-order valence-electron chi connectivity index (χ4n) is 1.36. The lowest BCUT2D eigenvalue weighted by Crippen LogP contribution is -2.42. The van der Waals surface area contributed by atoms with E-state index in [4.69, 9.17) is 4.74 Å². The van der Waals surface area contributed by atoms with Crippen LogP contribution in [0.1, 0.15) is 31.1 Å². The fraction of sp³-hybridized carbons (Fsp3) is 0.500. The zero-order valence-electron chi connectivity index (χ0n) is 11.4. The lowest BCUT2D eigenvalue weighted by atomic mass is 10.1. The van der Waals surface area contributed by atoms with Crippen LogP contribution in [0.25, 0.3) is 0 Å². The number of halogens is 1. The Morgan fingerprint density at radius 1 is 1.42 bits per heavy atom. The summed E-state index contributed by atoms with van der Waals surface area (Å²) in [5.74, 6) is -1.40. The van der Waals surface area contributed by atoms with Crippen molar-refractivity contribution in [3.05, 3.63) is 35.6 Å². The van der Waals surface area contributed by atoms with Gasteiger partial charge in [-0.05, 0) is 32.9 Å². The molecule has 2 N–H and O–H groups in total. The Hall–Kier alpha value is -1.46. The molecule has 5 heteroatoms. The Morgan fingerprint density at radius 3 is 2.63 bits per heavy atom. The Bertz CT molecular complexity index is 429. The predicted octanol–water partition coefficient (Wildman–Crippen LogP) is 1.73. The summed E-state index contributed by atoms with van der Waals surface area (Å²) < 4.78 is 18.2. The van der Waals surface area contributed by atoms with Gasteiger partial charge in [-0.15, -0.1) is 0 Å². The highest BCUT2D eigenvalue weighted by Crippen LogP contribution is 2.08. The van der Waals surface area contributed by atoms with Crippen molar-refractivity contribution in [2.45, 2.75) is 32.4 Å². The van der Waals surface area contributed by atoms with E-state index in [9.17, 15) is 14.3 Å². The van der Waals surface area contributed by atoms with E-state index < -0.39 is 17.9 Å². The summed E-state index contributed by atoms with van der Waals surface area (Å²) in [5, 5.41) is 12.7. The minimum Gasteiger partial charge on any atom is -0.459 e. The van der Waals surface area contributed by atoms with E-state index in [1.165, 1.54) is 18.2 Å². The molecule has 0 unspecified atom stereocenters. The number of hydrogen-bond acceptors (Lipinski definition) is 4. The van der Waals surface area contributed by atoms with Gasteiger partial charge in [0.15, 0.2) is 0 Å². The van der Waals surface area contributed by atoms with Crippen LogP contribution in [0, 0.1) is 5.82 Å². The molecule has 0 bridgehead atoms. The monoisotopic (exact) mass is 269 g/mol. The number of benzene rings is 1. The first-order chi connectivity index (χ1) is 8.79. The molecule has 0 spiro atoms. The minimum atomic E-state index is -0.824. The van der Waals surface area contributed by atoms with Gasteiger partial charge < -0.3 is 15.2 Å². The first kappa shape index (κ1) is 15.6. The summed E-state index contributed by atoms with van der Waals surface area (Å²) in [6, 6.07) is 5.58. The number of esters is 1. The second kappa shape index (κ2) is 6.63. The van der Waals surface area contributed by atoms with E-state index in [-0.39, 0.29) is 17.7 Å². The van der Waals surface area contributed by atoms with Gasteiger partial charge in [-0.2, -0.15) is 0 Å². The van der Waals surface area contributed by atoms with Crippen molar-refractivity contribution in [3.8, 4) is 0 Å². The smallest absolute Gasteiger partial charge is 0.341 e. The van der Waals surface area contributed by atoms with Crippen molar-refractivity contribution in [3.63, 3.8) is 0 Å². The van der Waals surface area contributed by atoms with E-state index in [1.54, 1.807) is 6.07 Å². The third-order valence-electron chi connectivity index (χ3n) is 2.37. The molecule has 0 saturated carbocycles. The lowest BCUT2D eigenvalue weighted by molar-refractivity contribution is 0.0243. The molecular weight excluding hydrogens is 249 g/mol. The van der Waals surface area contributed by atoms with Gasteiger partial charge in [-0.3, -0.25) is 0 Å². The summed E-state index contributed by atoms with van der Waals surface area (Å²) in [5.41, 5.74) is -0.255.